The first-order valence-electron chi connectivity index (χ1n) is 12.9. The molecule has 0 fully saturated rings. The van der Waals surface area contributed by atoms with Gasteiger partial charge < -0.3 is 35.7 Å². The van der Waals surface area contributed by atoms with E-state index in [2.05, 4.69) is 15.6 Å². The largest absolute Gasteiger partial charge is 0.506 e. The number of rotatable bonds is 13. The lowest BCUT2D eigenvalue weighted by molar-refractivity contribution is 0.176. The summed E-state index contributed by atoms with van der Waals surface area (Å²) in [4.78, 5) is 25.5. The zero-order chi connectivity index (χ0) is 27.6. The fourth-order valence-electron chi connectivity index (χ4n) is 4.53. The molecular weight excluding hydrogens is 498 g/mol. The van der Waals surface area contributed by atoms with Gasteiger partial charge in [-0.2, -0.15) is 0 Å². The summed E-state index contributed by atoms with van der Waals surface area (Å²) >= 11 is 0. The van der Waals surface area contributed by atoms with Crippen molar-refractivity contribution in [3.8, 4) is 11.5 Å². The maximum atomic E-state index is 11.6. The van der Waals surface area contributed by atoms with Gasteiger partial charge in [0.05, 0.1) is 24.3 Å². The molecule has 6 N–H and O–H groups in total. The first kappa shape index (κ1) is 27.7. The van der Waals surface area contributed by atoms with Crippen LogP contribution in [-0.4, -0.2) is 46.1 Å². The number of phenolic OH excluding ortho intramolecular Hbond substituents is 1. The SMILES string of the molecule is O=C(O)NC(c1ccccc1)c1cccc(OCCCCCNC[C@H](O)c2ccc(O)c3[nH]c(=O)ccc23)c1. The second-order valence-corrected chi connectivity index (χ2v) is 9.28. The lowest BCUT2D eigenvalue weighted by Crippen LogP contribution is -2.27. The molecule has 204 valence electrons. The van der Waals surface area contributed by atoms with Gasteiger partial charge in [0.2, 0.25) is 5.56 Å². The number of phenols is 1. The van der Waals surface area contributed by atoms with Gasteiger partial charge in [0.1, 0.15) is 11.5 Å². The molecule has 2 atom stereocenters. The van der Waals surface area contributed by atoms with Gasteiger partial charge in [-0.1, -0.05) is 48.5 Å². The molecule has 4 aromatic rings. The third kappa shape index (κ3) is 7.59. The molecule has 9 nitrogen and oxygen atoms in total. The zero-order valence-electron chi connectivity index (χ0n) is 21.5. The van der Waals surface area contributed by atoms with Crippen molar-refractivity contribution in [1.29, 1.82) is 0 Å². The van der Waals surface area contributed by atoms with E-state index in [9.17, 15) is 24.9 Å². The van der Waals surface area contributed by atoms with Gasteiger partial charge >= 0.3 is 6.09 Å². The van der Waals surface area contributed by atoms with Gasteiger partial charge in [-0.25, -0.2) is 4.79 Å². The number of hydrogen-bond donors (Lipinski definition) is 6. The topological polar surface area (TPSA) is 144 Å². The molecule has 0 aliphatic heterocycles. The standard InChI is InChI=1S/C30H33N3O6/c34-25-14-12-23(24-13-15-27(36)32-29(24)25)26(35)19-31-16-5-2-6-17-39-22-11-7-10-21(18-22)28(33-30(37)38)20-8-3-1-4-9-20/h1,3-4,7-15,18,26,28,31,33-35H,2,5-6,16-17,19H2,(H,32,36)(H,37,38)/t26-,28?/m0/s1. The molecule has 0 aliphatic rings. The molecule has 39 heavy (non-hydrogen) atoms. The molecule has 1 aromatic heterocycles. The van der Waals surface area contributed by atoms with E-state index in [1.165, 1.54) is 12.1 Å². The summed E-state index contributed by atoms with van der Waals surface area (Å²) < 4.78 is 5.92. The minimum Gasteiger partial charge on any atom is -0.506 e. The van der Waals surface area contributed by atoms with Crippen molar-refractivity contribution in [2.24, 2.45) is 0 Å². The molecule has 1 unspecified atom stereocenters. The highest BCUT2D eigenvalue weighted by Gasteiger charge is 2.17. The van der Waals surface area contributed by atoms with E-state index in [-0.39, 0.29) is 11.3 Å². The molecule has 3 aromatic carbocycles. The number of carboxylic acid groups (broad SMARTS) is 1. The van der Waals surface area contributed by atoms with Gasteiger partial charge in [0, 0.05) is 18.0 Å². The normalized spacial score (nSPS) is 12.6. The minimum atomic E-state index is -1.09. The number of benzene rings is 3. The number of aromatic hydroxyl groups is 1. The molecule has 0 spiro atoms. The lowest BCUT2D eigenvalue weighted by Gasteiger charge is -2.19. The summed E-state index contributed by atoms with van der Waals surface area (Å²) in [6.07, 6.45) is 0.798. The van der Waals surface area contributed by atoms with Crippen LogP contribution in [0.4, 0.5) is 4.79 Å². The third-order valence-electron chi connectivity index (χ3n) is 6.46. The molecule has 1 amide bonds. The average molecular weight is 532 g/mol. The van der Waals surface area contributed by atoms with Crippen LogP contribution in [0.1, 0.15) is 48.1 Å². The Bertz CT molecular complexity index is 1440. The van der Waals surface area contributed by atoms with E-state index in [0.29, 0.717) is 35.4 Å². The quantitative estimate of drug-likeness (QED) is 0.140. The van der Waals surface area contributed by atoms with Crippen molar-refractivity contribution in [3.63, 3.8) is 0 Å². The van der Waals surface area contributed by atoms with Crippen LogP contribution in [0, 0.1) is 0 Å². The van der Waals surface area contributed by atoms with Crippen molar-refractivity contribution < 1.29 is 24.9 Å². The highest BCUT2D eigenvalue weighted by Crippen LogP contribution is 2.28. The van der Waals surface area contributed by atoms with Gasteiger partial charge in [-0.15, -0.1) is 0 Å². The summed E-state index contributed by atoms with van der Waals surface area (Å²) in [6.45, 7) is 1.60. The smallest absolute Gasteiger partial charge is 0.405 e. The zero-order valence-corrected chi connectivity index (χ0v) is 21.5. The lowest BCUT2D eigenvalue weighted by atomic mass is 9.98. The van der Waals surface area contributed by atoms with E-state index in [1.54, 1.807) is 12.1 Å². The number of pyridine rings is 1. The van der Waals surface area contributed by atoms with E-state index in [1.807, 2.05) is 54.6 Å². The van der Waals surface area contributed by atoms with Gasteiger partial charge in [-0.05, 0) is 66.8 Å². The van der Waals surface area contributed by atoms with Crippen molar-refractivity contribution in [2.45, 2.75) is 31.4 Å². The van der Waals surface area contributed by atoms with Gasteiger partial charge in [-0.3, -0.25) is 4.79 Å². The van der Waals surface area contributed by atoms with Crippen LogP contribution in [0.15, 0.2) is 83.7 Å². The summed E-state index contributed by atoms with van der Waals surface area (Å²) in [5, 5.41) is 36.4. The number of aromatic nitrogens is 1. The Kier molecular flexibility index (Phi) is 9.55. The number of aliphatic hydroxyl groups is 1. The highest BCUT2D eigenvalue weighted by atomic mass is 16.5. The minimum absolute atomic E-state index is 0.0338. The third-order valence-corrected chi connectivity index (χ3v) is 6.46. The van der Waals surface area contributed by atoms with Crippen LogP contribution < -0.4 is 20.9 Å². The Morgan fingerprint density at radius 3 is 2.51 bits per heavy atom. The number of aromatic amines is 1. The first-order chi connectivity index (χ1) is 18.9. The number of fused-ring (bicyclic) bond motifs is 1. The van der Waals surface area contributed by atoms with Crippen LogP contribution in [0.3, 0.4) is 0 Å². The van der Waals surface area contributed by atoms with Gasteiger partial charge in [0.15, 0.2) is 0 Å². The van der Waals surface area contributed by atoms with E-state index >= 15 is 0 Å². The van der Waals surface area contributed by atoms with E-state index in [4.69, 9.17) is 4.74 Å². The van der Waals surface area contributed by atoms with Gasteiger partial charge in [0.25, 0.3) is 0 Å². The maximum absolute atomic E-state index is 11.6. The molecule has 0 aliphatic carbocycles. The van der Waals surface area contributed by atoms with E-state index < -0.39 is 18.2 Å². The Balaban J connectivity index is 1.20. The van der Waals surface area contributed by atoms with Crippen molar-refractivity contribution in [3.05, 3.63) is 106 Å². The second kappa shape index (κ2) is 13.5. The Hall–Kier alpha value is -4.34. The number of hydrogen-bond acceptors (Lipinski definition) is 6. The fourth-order valence-corrected chi connectivity index (χ4v) is 4.53. The summed E-state index contributed by atoms with van der Waals surface area (Å²) in [7, 11) is 0. The van der Waals surface area contributed by atoms with Crippen LogP contribution >= 0.6 is 0 Å². The fraction of sp³-hybridized carbons (Fsp3) is 0.267. The second-order valence-electron chi connectivity index (χ2n) is 9.28. The molecule has 1 heterocycles. The molecule has 0 saturated carbocycles. The van der Waals surface area contributed by atoms with Crippen molar-refractivity contribution >= 4 is 17.0 Å². The molecule has 0 saturated heterocycles. The Labute approximate surface area is 226 Å². The molecule has 0 radical (unpaired) electrons. The monoisotopic (exact) mass is 531 g/mol. The molecular formula is C30H33N3O6. The number of nitrogens with one attached hydrogen (secondary N) is 3. The first-order valence-corrected chi connectivity index (χ1v) is 12.9. The van der Waals surface area contributed by atoms with Crippen LogP contribution in [0.2, 0.25) is 0 Å². The number of amides is 1. The van der Waals surface area contributed by atoms with Crippen LogP contribution in [0.5, 0.6) is 11.5 Å². The highest BCUT2D eigenvalue weighted by molar-refractivity contribution is 5.87. The van der Waals surface area contributed by atoms with E-state index in [0.717, 1.165) is 36.9 Å². The average Bonchev–Trinajstić information content (AvgIpc) is 2.94. The predicted octanol–water partition coefficient (Wildman–Crippen LogP) is 4.46. The molecule has 9 heteroatoms. The van der Waals surface area contributed by atoms with Crippen LogP contribution in [0.25, 0.3) is 10.9 Å². The number of H-pyrrole nitrogens is 1. The molecule has 4 rings (SSSR count). The summed E-state index contributed by atoms with van der Waals surface area (Å²) in [5.74, 6) is 0.651. The Morgan fingerprint density at radius 1 is 0.923 bits per heavy atom. The van der Waals surface area contributed by atoms with Crippen molar-refractivity contribution in [2.75, 3.05) is 19.7 Å². The number of unbranched alkanes of at least 4 members (excludes halogenated alkanes) is 2. The Morgan fingerprint density at radius 2 is 1.72 bits per heavy atom. The number of ether oxygens (including phenoxy) is 1. The van der Waals surface area contributed by atoms with Crippen molar-refractivity contribution in [1.82, 2.24) is 15.6 Å². The predicted molar refractivity (Wildman–Crippen MR) is 149 cm³/mol. The summed E-state index contributed by atoms with van der Waals surface area (Å²) in [5.41, 5.74) is 2.29. The number of aliphatic hydroxyl groups excluding tert-OH is 1. The maximum Gasteiger partial charge on any atom is 0.405 e. The molecule has 0 bridgehead atoms. The van der Waals surface area contributed by atoms with Crippen LogP contribution in [-0.2, 0) is 0 Å². The summed E-state index contributed by atoms with van der Waals surface area (Å²) in [6, 6.07) is 22.5. The number of carbonyl (C=O) groups is 1.